The number of esters is 2. The Morgan fingerprint density at radius 2 is 1.81 bits per heavy atom. The Balaban J connectivity index is 3.25. The van der Waals surface area contributed by atoms with E-state index in [0.29, 0.717) is 0 Å². The smallest absolute Gasteiger partial charge is 0.364 e. The number of hydrogen-bond acceptors (Lipinski definition) is 10. The fourth-order valence-electron chi connectivity index (χ4n) is 2.65. The lowest BCUT2D eigenvalue weighted by molar-refractivity contribution is -0.296. The maximum atomic E-state index is 11.4. The molecule has 0 aliphatic carbocycles. The van der Waals surface area contributed by atoms with Crippen molar-refractivity contribution in [2.75, 3.05) is 6.61 Å². The lowest BCUT2D eigenvalue weighted by Gasteiger charge is -2.45. The highest BCUT2D eigenvalue weighted by atomic mass is 16.7. The summed E-state index contributed by atoms with van der Waals surface area (Å²) in [5, 5.41) is 42.1. The van der Waals surface area contributed by atoms with Gasteiger partial charge in [0.25, 0.3) is 5.79 Å². The highest BCUT2D eigenvalue weighted by Crippen LogP contribution is 2.31. The monoisotopic (exact) mass is 393 g/mol. The lowest BCUT2D eigenvalue weighted by Crippen LogP contribution is -2.67. The highest BCUT2D eigenvalue weighted by molar-refractivity contribution is 5.76. The van der Waals surface area contributed by atoms with Crippen LogP contribution in [0, 0.1) is 0 Å². The van der Waals surface area contributed by atoms with Crippen LogP contribution in [0.5, 0.6) is 0 Å². The van der Waals surface area contributed by atoms with Crippen molar-refractivity contribution in [2.45, 2.75) is 63.4 Å². The van der Waals surface area contributed by atoms with Gasteiger partial charge in [-0.2, -0.15) is 0 Å². The van der Waals surface area contributed by atoms with Crippen LogP contribution in [0.4, 0.5) is 0 Å². The molecule has 1 rings (SSSR count). The highest BCUT2D eigenvalue weighted by Gasteiger charge is 2.55. The minimum atomic E-state index is -2.86. The van der Waals surface area contributed by atoms with Crippen LogP contribution in [0.15, 0.2) is 0 Å². The van der Waals surface area contributed by atoms with Crippen molar-refractivity contribution in [2.24, 2.45) is 0 Å². The van der Waals surface area contributed by atoms with Crippen molar-refractivity contribution in [3.8, 4) is 0 Å². The second-order valence-corrected chi connectivity index (χ2v) is 6.11. The Morgan fingerprint density at radius 1 is 1.22 bits per heavy atom. The van der Waals surface area contributed by atoms with Crippen molar-refractivity contribution in [1.29, 1.82) is 0 Å². The predicted molar refractivity (Wildman–Crippen MR) is 83.9 cm³/mol. The van der Waals surface area contributed by atoms with E-state index in [1.165, 1.54) is 0 Å². The molecule has 1 heterocycles. The number of carboxylic acid groups (broad SMARTS) is 1. The molecule has 0 aromatic rings. The number of nitrogens with one attached hydrogen (secondary N) is 1. The maximum absolute atomic E-state index is 11.4. The Bertz CT molecular complexity index is 594. The van der Waals surface area contributed by atoms with Crippen molar-refractivity contribution in [3.63, 3.8) is 0 Å². The summed E-state index contributed by atoms with van der Waals surface area (Å²) in [6, 6.07) is -1.33. The minimum absolute atomic E-state index is 0.635. The molecule has 27 heavy (non-hydrogen) atoms. The Morgan fingerprint density at radius 3 is 2.26 bits per heavy atom. The van der Waals surface area contributed by atoms with Crippen molar-refractivity contribution < 1.29 is 53.8 Å². The second-order valence-electron chi connectivity index (χ2n) is 6.11. The number of carbonyl (C=O) groups excluding carboxylic acids is 3. The van der Waals surface area contributed by atoms with Crippen molar-refractivity contribution in [1.82, 2.24) is 5.32 Å². The molecule has 12 heteroatoms. The van der Waals surface area contributed by atoms with E-state index in [2.05, 4.69) is 10.1 Å². The van der Waals surface area contributed by atoms with Gasteiger partial charge < -0.3 is 40.0 Å². The molecule has 1 fully saturated rings. The number of carboxylic acids is 1. The average Bonchev–Trinajstić information content (AvgIpc) is 2.52. The molecule has 5 N–H and O–H groups in total. The van der Waals surface area contributed by atoms with Crippen LogP contribution >= 0.6 is 0 Å². The molecule has 1 amide bonds. The topological polar surface area (TPSA) is 189 Å². The van der Waals surface area contributed by atoms with Gasteiger partial charge in [0, 0.05) is 27.2 Å². The first kappa shape index (κ1) is 22.8. The van der Waals surface area contributed by atoms with Gasteiger partial charge in [-0.1, -0.05) is 0 Å². The molecule has 1 aliphatic rings. The first-order valence-corrected chi connectivity index (χ1v) is 7.94. The van der Waals surface area contributed by atoms with E-state index in [1.807, 2.05) is 0 Å². The molecule has 0 spiro atoms. The summed E-state index contributed by atoms with van der Waals surface area (Å²) in [4.78, 5) is 45.1. The Kier molecular flexibility index (Phi) is 7.65. The SMILES string of the molecule is CC(=O)N[C@H]1[C@H]([C@H](OC(C)=O)[C@H](O)COC(C)=O)O[C@](O)(C(=O)O)C[C@@H]1O. The third-order valence-electron chi connectivity index (χ3n) is 3.75. The van der Waals surface area contributed by atoms with Crippen LogP contribution in [0.25, 0.3) is 0 Å². The molecule has 0 bridgehead atoms. The quantitative estimate of drug-likeness (QED) is 0.282. The second kappa shape index (κ2) is 9.08. The standard InChI is InChI=1S/C15H23NO11/c1-6(17)16-11-9(20)4-15(24,14(22)23)27-13(11)12(26-8(3)19)10(21)5-25-7(2)18/h9-13,20-21,24H,4-5H2,1-3H3,(H,16,17)(H,22,23)/t9-,10+,11+,12+,13+,15-/m0/s1. The third-order valence-corrected chi connectivity index (χ3v) is 3.75. The van der Waals surface area contributed by atoms with Crippen LogP contribution in [-0.2, 0) is 33.4 Å². The average molecular weight is 393 g/mol. The van der Waals surface area contributed by atoms with Gasteiger partial charge in [-0.05, 0) is 0 Å². The molecule has 12 nitrogen and oxygen atoms in total. The summed E-state index contributed by atoms with van der Waals surface area (Å²) < 4.78 is 14.7. The number of aliphatic hydroxyl groups is 3. The summed E-state index contributed by atoms with van der Waals surface area (Å²) in [5.41, 5.74) is 0. The van der Waals surface area contributed by atoms with Gasteiger partial charge in [0.2, 0.25) is 5.91 Å². The summed E-state index contributed by atoms with van der Waals surface area (Å²) in [6.07, 6.45) is -7.47. The Hall–Kier alpha value is -2.28. The molecule has 0 aromatic heterocycles. The lowest BCUT2D eigenvalue weighted by atomic mass is 9.88. The predicted octanol–water partition coefficient (Wildman–Crippen LogP) is -2.73. The molecule has 0 aromatic carbocycles. The zero-order valence-corrected chi connectivity index (χ0v) is 14.9. The maximum Gasteiger partial charge on any atom is 0.364 e. The summed E-state index contributed by atoms with van der Waals surface area (Å²) >= 11 is 0. The number of aliphatic carboxylic acids is 1. The zero-order valence-electron chi connectivity index (χ0n) is 14.9. The van der Waals surface area contributed by atoms with Crippen molar-refractivity contribution in [3.05, 3.63) is 0 Å². The number of ether oxygens (including phenoxy) is 3. The van der Waals surface area contributed by atoms with Gasteiger partial charge in [-0.15, -0.1) is 0 Å². The van der Waals surface area contributed by atoms with E-state index in [-0.39, 0.29) is 0 Å². The van der Waals surface area contributed by atoms with E-state index in [4.69, 9.17) is 14.6 Å². The van der Waals surface area contributed by atoms with E-state index in [0.717, 1.165) is 20.8 Å². The molecule has 0 saturated carbocycles. The van der Waals surface area contributed by atoms with E-state index in [9.17, 15) is 34.5 Å². The largest absolute Gasteiger partial charge is 0.477 e. The molecule has 6 atom stereocenters. The van der Waals surface area contributed by atoms with Crippen molar-refractivity contribution >= 4 is 23.8 Å². The van der Waals surface area contributed by atoms with Crippen LogP contribution in [0.2, 0.25) is 0 Å². The summed E-state index contributed by atoms with van der Waals surface area (Å²) in [6.45, 7) is 2.51. The molecule has 1 aliphatic heterocycles. The third kappa shape index (κ3) is 6.13. The van der Waals surface area contributed by atoms with E-state index in [1.54, 1.807) is 0 Å². The van der Waals surface area contributed by atoms with Gasteiger partial charge in [0.1, 0.15) is 18.8 Å². The van der Waals surface area contributed by atoms with Gasteiger partial charge in [-0.25, -0.2) is 4.79 Å². The fraction of sp³-hybridized carbons (Fsp3) is 0.733. The number of hydrogen-bond donors (Lipinski definition) is 5. The molecule has 1 saturated heterocycles. The van der Waals surface area contributed by atoms with E-state index >= 15 is 0 Å². The minimum Gasteiger partial charge on any atom is -0.477 e. The molecule has 154 valence electrons. The normalized spacial score (nSPS) is 29.9. The fourth-order valence-corrected chi connectivity index (χ4v) is 2.65. The zero-order chi connectivity index (χ0) is 20.9. The van der Waals surface area contributed by atoms with E-state index < -0.39 is 73.1 Å². The van der Waals surface area contributed by atoms with Gasteiger partial charge in [0.05, 0.1) is 12.1 Å². The van der Waals surface area contributed by atoms with Crippen LogP contribution in [-0.4, -0.2) is 87.1 Å². The number of carbonyl (C=O) groups is 4. The summed E-state index contributed by atoms with van der Waals surface area (Å²) in [5.74, 6) is -6.99. The van der Waals surface area contributed by atoms with Gasteiger partial charge in [-0.3, -0.25) is 14.4 Å². The number of aliphatic hydroxyl groups excluding tert-OH is 2. The molecular weight excluding hydrogens is 370 g/mol. The Labute approximate surface area is 154 Å². The first-order chi connectivity index (χ1) is 12.4. The number of rotatable bonds is 7. The van der Waals surface area contributed by atoms with Crippen LogP contribution in [0.1, 0.15) is 27.2 Å². The molecule has 0 radical (unpaired) electrons. The van der Waals surface area contributed by atoms with Gasteiger partial charge >= 0.3 is 17.9 Å². The summed E-state index contributed by atoms with van der Waals surface area (Å²) in [7, 11) is 0. The van der Waals surface area contributed by atoms with Gasteiger partial charge in [0.15, 0.2) is 6.10 Å². The molecular formula is C15H23NO11. The van der Waals surface area contributed by atoms with Crippen LogP contribution < -0.4 is 5.32 Å². The molecule has 0 unspecified atom stereocenters. The number of amides is 1. The first-order valence-electron chi connectivity index (χ1n) is 7.94. The van der Waals surface area contributed by atoms with Crippen LogP contribution in [0.3, 0.4) is 0 Å².